The minimum atomic E-state index is -1.01. The highest BCUT2D eigenvalue weighted by molar-refractivity contribution is 6.28. The van der Waals surface area contributed by atoms with E-state index in [1.165, 1.54) is 6.20 Å². The van der Waals surface area contributed by atoms with Crippen molar-refractivity contribution in [3.8, 4) is 0 Å². The Balaban J connectivity index is 2.75. The van der Waals surface area contributed by atoms with Crippen LogP contribution in [0.3, 0.4) is 0 Å². The zero-order valence-electron chi connectivity index (χ0n) is 6.49. The van der Waals surface area contributed by atoms with Crippen molar-refractivity contribution < 1.29 is 9.90 Å². The predicted molar refractivity (Wildman–Crippen MR) is 47.6 cm³/mol. The SMILES string of the molecule is Nc1cnc(Cl)nc1NCC(=O)O. The summed E-state index contributed by atoms with van der Waals surface area (Å²) >= 11 is 5.47. The molecule has 1 aromatic heterocycles. The van der Waals surface area contributed by atoms with Gasteiger partial charge in [-0.25, -0.2) is 4.98 Å². The van der Waals surface area contributed by atoms with Gasteiger partial charge < -0.3 is 16.2 Å². The van der Waals surface area contributed by atoms with Gasteiger partial charge in [-0.15, -0.1) is 0 Å². The smallest absolute Gasteiger partial charge is 0.322 e. The zero-order valence-corrected chi connectivity index (χ0v) is 7.25. The van der Waals surface area contributed by atoms with Gasteiger partial charge in [-0.2, -0.15) is 4.98 Å². The van der Waals surface area contributed by atoms with Gasteiger partial charge in [0, 0.05) is 0 Å². The van der Waals surface area contributed by atoms with Crippen LogP contribution < -0.4 is 11.1 Å². The van der Waals surface area contributed by atoms with E-state index in [1.807, 2.05) is 0 Å². The fourth-order valence-electron chi connectivity index (χ4n) is 0.671. The molecule has 1 aromatic rings. The number of nitrogens with one attached hydrogen (secondary N) is 1. The molecular weight excluding hydrogens is 196 g/mol. The lowest BCUT2D eigenvalue weighted by Gasteiger charge is -2.04. The largest absolute Gasteiger partial charge is 0.480 e. The molecule has 0 radical (unpaired) electrons. The molecule has 0 saturated heterocycles. The van der Waals surface area contributed by atoms with Crippen LogP contribution >= 0.6 is 11.6 Å². The molecule has 6 nitrogen and oxygen atoms in total. The number of hydrogen-bond acceptors (Lipinski definition) is 5. The van der Waals surface area contributed by atoms with Crippen molar-refractivity contribution in [1.29, 1.82) is 0 Å². The van der Waals surface area contributed by atoms with Gasteiger partial charge in [-0.3, -0.25) is 4.79 Å². The summed E-state index contributed by atoms with van der Waals surface area (Å²) in [4.78, 5) is 17.5. The fraction of sp³-hybridized carbons (Fsp3) is 0.167. The number of nitrogen functional groups attached to an aromatic ring is 1. The molecule has 7 heteroatoms. The molecule has 4 N–H and O–H groups in total. The van der Waals surface area contributed by atoms with Gasteiger partial charge in [0.15, 0.2) is 5.82 Å². The zero-order chi connectivity index (χ0) is 9.84. The summed E-state index contributed by atoms with van der Waals surface area (Å²) in [6.45, 7) is -0.266. The van der Waals surface area contributed by atoms with Gasteiger partial charge >= 0.3 is 5.97 Å². The molecule has 1 heterocycles. The molecule has 70 valence electrons. The van der Waals surface area contributed by atoms with Crippen LogP contribution in [0.25, 0.3) is 0 Å². The Morgan fingerprint density at radius 2 is 2.46 bits per heavy atom. The first-order valence-corrected chi connectivity index (χ1v) is 3.71. The molecule has 0 atom stereocenters. The number of aromatic nitrogens is 2. The summed E-state index contributed by atoms with van der Waals surface area (Å²) in [5.41, 5.74) is 5.69. The minimum absolute atomic E-state index is 0.0158. The number of rotatable bonds is 3. The average Bonchev–Trinajstić information content (AvgIpc) is 2.06. The van der Waals surface area contributed by atoms with E-state index in [-0.39, 0.29) is 23.3 Å². The molecular formula is C6H7ClN4O2. The molecule has 0 saturated carbocycles. The summed E-state index contributed by atoms with van der Waals surface area (Å²) in [5, 5.41) is 10.9. The summed E-state index contributed by atoms with van der Waals surface area (Å²) < 4.78 is 0. The normalized spacial score (nSPS) is 9.62. The van der Waals surface area contributed by atoms with Crippen LogP contribution in [0.1, 0.15) is 0 Å². The number of halogens is 1. The summed E-state index contributed by atoms with van der Waals surface area (Å²) in [6.07, 6.45) is 1.31. The molecule has 13 heavy (non-hydrogen) atoms. The van der Waals surface area contributed by atoms with E-state index >= 15 is 0 Å². The summed E-state index contributed by atoms with van der Waals surface area (Å²) in [5.74, 6) is -0.781. The summed E-state index contributed by atoms with van der Waals surface area (Å²) in [6, 6.07) is 0. The quantitative estimate of drug-likeness (QED) is 0.606. The van der Waals surface area contributed by atoms with Crippen molar-refractivity contribution in [1.82, 2.24) is 9.97 Å². The number of nitrogens with zero attached hydrogens (tertiary/aromatic N) is 2. The molecule has 0 spiro atoms. The van der Waals surface area contributed by atoms with E-state index in [9.17, 15) is 4.79 Å². The van der Waals surface area contributed by atoms with E-state index in [2.05, 4.69) is 15.3 Å². The lowest BCUT2D eigenvalue weighted by molar-refractivity contribution is -0.134. The van der Waals surface area contributed by atoms with Crippen molar-refractivity contribution in [2.45, 2.75) is 0 Å². The maximum atomic E-state index is 10.2. The third-order valence-corrected chi connectivity index (χ3v) is 1.38. The van der Waals surface area contributed by atoms with E-state index in [4.69, 9.17) is 22.4 Å². The van der Waals surface area contributed by atoms with Gasteiger partial charge in [0.1, 0.15) is 6.54 Å². The van der Waals surface area contributed by atoms with Gasteiger partial charge in [-0.05, 0) is 11.6 Å². The monoisotopic (exact) mass is 202 g/mol. The standard InChI is InChI=1S/C6H7ClN4O2/c7-6-10-1-3(8)5(11-6)9-2-4(12)13/h1H,2,8H2,(H,12,13)(H,9,10,11). The van der Waals surface area contributed by atoms with E-state index in [0.29, 0.717) is 0 Å². The van der Waals surface area contributed by atoms with Gasteiger partial charge in [0.2, 0.25) is 5.28 Å². The van der Waals surface area contributed by atoms with Crippen molar-refractivity contribution in [2.75, 3.05) is 17.6 Å². The highest BCUT2D eigenvalue weighted by Crippen LogP contribution is 2.14. The Morgan fingerprint density at radius 1 is 1.77 bits per heavy atom. The van der Waals surface area contributed by atoms with Crippen molar-refractivity contribution >= 4 is 29.1 Å². The Morgan fingerprint density at radius 3 is 3.08 bits per heavy atom. The lowest BCUT2D eigenvalue weighted by atomic mass is 10.5. The number of carboxylic acids is 1. The van der Waals surface area contributed by atoms with Crippen LogP contribution in [0.2, 0.25) is 5.28 Å². The van der Waals surface area contributed by atoms with Crippen LogP contribution in [-0.2, 0) is 4.79 Å². The first kappa shape index (κ1) is 9.53. The third-order valence-electron chi connectivity index (χ3n) is 1.19. The molecule has 0 aliphatic heterocycles. The highest BCUT2D eigenvalue weighted by Gasteiger charge is 2.03. The predicted octanol–water partition coefficient (Wildman–Crippen LogP) is 0.209. The van der Waals surface area contributed by atoms with Crippen molar-refractivity contribution in [3.63, 3.8) is 0 Å². The molecule has 0 aliphatic carbocycles. The molecule has 0 unspecified atom stereocenters. The Hall–Kier alpha value is -1.56. The molecule has 0 amide bonds. The van der Waals surface area contributed by atoms with Gasteiger partial charge in [0.25, 0.3) is 0 Å². The summed E-state index contributed by atoms with van der Waals surface area (Å²) in [7, 11) is 0. The van der Waals surface area contributed by atoms with Crippen molar-refractivity contribution in [2.24, 2.45) is 0 Å². The van der Waals surface area contributed by atoms with E-state index in [1.54, 1.807) is 0 Å². The number of aliphatic carboxylic acids is 1. The first-order chi connectivity index (χ1) is 6.09. The number of anilines is 2. The molecule has 1 rings (SSSR count). The second kappa shape index (κ2) is 3.90. The average molecular weight is 203 g/mol. The molecule has 0 bridgehead atoms. The van der Waals surface area contributed by atoms with Crippen LogP contribution in [0.5, 0.6) is 0 Å². The maximum Gasteiger partial charge on any atom is 0.322 e. The lowest BCUT2D eigenvalue weighted by Crippen LogP contribution is -2.14. The van der Waals surface area contributed by atoms with Crippen molar-refractivity contribution in [3.05, 3.63) is 11.5 Å². The number of nitrogens with two attached hydrogens (primary N) is 1. The van der Waals surface area contributed by atoms with E-state index < -0.39 is 5.97 Å². The van der Waals surface area contributed by atoms with Gasteiger partial charge in [0.05, 0.1) is 11.9 Å². The van der Waals surface area contributed by atoms with Crippen LogP contribution in [0.4, 0.5) is 11.5 Å². The Bertz CT molecular complexity index is 330. The Kier molecular flexibility index (Phi) is 2.86. The third kappa shape index (κ3) is 2.75. The maximum absolute atomic E-state index is 10.2. The van der Waals surface area contributed by atoms with Crippen LogP contribution in [0.15, 0.2) is 6.20 Å². The second-order valence-electron chi connectivity index (χ2n) is 2.19. The van der Waals surface area contributed by atoms with Gasteiger partial charge in [-0.1, -0.05) is 0 Å². The minimum Gasteiger partial charge on any atom is -0.480 e. The topological polar surface area (TPSA) is 101 Å². The molecule has 0 aliphatic rings. The number of hydrogen-bond donors (Lipinski definition) is 3. The Labute approximate surface area is 78.7 Å². The van der Waals surface area contributed by atoms with Crippen LogP contribution in [0, 0.1) is 0 Å². The second-order valence-corrected chi connectivity index (χ2v) is 2.53. The first-order valence-electron chi connectivity index (χ1n) is 3.33. The molecule has 0 fully saturated rings. The fourth-order valence-corrected chi connectivity index (χ4v) is 0.804. The number of carbonyl (C=O) groups is 1. The molecule has 0 aromatic carbocycles. The number of carboxylic acid groups (broad SMARTS) is 1. The van der Waals surface area contributed by atoms with E-state index in [0.717, 1.165) is 0 Å². The van der Waals surface area contributed by atoms with Crippen LogP contribution in [-0.4, -0.2) is 27.6 Å². The highest BCUT2D eigenvalue weighted by atomic mass is 35.5.